The number of nitrogens with zero attached hydrogens (tertiary/aromatic N) is 1. The van der Waals surface area contributed by atoms with Crippen molar-refractivity contribution in [3.63, 3.8) is 0 Å². The van der Waals surface area contributed by atoms with E-state index in [1.54, 1.807) is 6.20 Å². The van der Waals surface area contributed by atoms with Gasteiger partial charge in [-0.15, -0.1) is 0 Å². The van der Waals surface area contributed by atoms with E-state index >= 15 is 0 Å². The topological polar surface area (TPSA) is 28.7 Å². The largest absolute Gasteiger partial charge is 0.358 e. The fraction of sp³-hybridized carbons (Fsp3) is 0.133. The van der Waals surface area contributed by atoms with Crippen LogP contribution in [-0.2, 0) is 6.42 Å². The van der Waals surface area contributed by atoms with Gasteiger partial charge in [-0.3, -0.25) is 4.98 Å². The number of nitrogens with one attached hydrogen (secondary N) is 1. The number of aromatic amines is 1. The summed E-state index contributed by atoms with van der Waals surface area (Å²) in [6.07, 6.45) is 4.57. The summed E-state index contributed by atoms with van der Waals surface area (Å²) in [4.78, 5) is 7.55. The van der Waals surface area contributed by atoms with Gasteiger partial charge in [0.05, 0.1) is 0 Å². The summed E-state index contributed by atoms with van der Waals surface area (Å²) in [5.41, 5.74) is 4.83. The van der Waals surface area contributed by atoms with Gasteiger partial charge in [-0.1, -0.05) is 17.7 Å². The molecule has 0 radical (unpaired) electrons. The van der Waals surface area contributed by atoms with Gasteiger partial charge in [0.15, 0.2) is 0 Å². The first-order chi connectivity index (χ1) is 8.74. The van der Waals surface area contributed by atoms with Gasteiger partial charge in [0, 0.05) is 40.4 Å². The quantitative estimate of drug-likeness (QED) is 0.734. The van der Waals surface area contributed by atoms with Gasteiger partial charge in [0.1, 0.15) is 0 Å². The van der Waals surface area contributed by atoms with Crippen molar-refractivity contribution < 1.29 is 0 Å². The zero-order valence-electron chi connectivity index (χ0n) is 10.1. The van der Waals surface area contributed by atoms with Crippen molar-refractivity contribution in [1.29, 1.82) is 0 Å². The molecule has 2 nitrogen and oxygen atoms in total. The Balaban J connectivity index is 2.11. The molecule has 3 rings (SSSR count). The fourth-order valence-corrected chi connectivity index (χ4v) is 2.46. The number of hydrogen-bond acceptors (Lipinski definition) is 1. The van der Waals surface area contributed by atoms with E-state index in [9.17, 15) is 0 Å². The summed E-state index contributed by atoms with van der Waals surface area (Å²) >= 11 is 6.08. The Kier molecular flexibility index (Phi) is 2.80. The van der Waals surface area contributed by atoms with Crippen LogP contribution in [0.2, 0.25) is 5.02 Å². The number of rotatable bonds is 2. The van der Waals surface area contributed by atoms with E-state index in [1.165, 1.54) is 22.2 Å². The van der Waals surface area contributed by atoms with Gasteiger partial charge < -0.3 is 4.98 Å². The van der Waals surface area contributed by atoms with Crippen LogP contribution in [0.15, 0.2) is 42.7 Å². The fourth-order valence-electron chi connectivity index (χ4n) is 2.29. The zero-order valence-corrected chi connectivity index (χ0v) is 10.8. The lowest BCUT2D eigenvalue weighted by Gasteiger charge is -2.02. The summed E-state index contributed by atoms with van der Waals surface area (Å²) in [7, 11) is 0. The van der Waals surface area contributed by atoms with Crippen LogP contribution in [0.1, 0.15) is 16.8 Å². The molecule has 1 aromatic carbocycles. The van der Waals surface area contributed by atoms with Crippen molar-refractivity contribution in [3.05, 3.63) is 64.6 Å². The Morgan fingerprint density at radius 2 is 2.17 bits per heavy atom. The van der Waals surface area contributed by atoms with Gasteiger partial charge in [-0.2, -0.15) is 0 Å². The van der Waals surface area contributed by atoms with E-state index < -0.39 is 0 Å². The molecule has 2 heterocycles. The van der Waals surface area contributed by atoms with Crippen molar-refractivity contribution in [3.8, 4) is 0 Å². The monoisotopic (exact) mass is 256 g/mol. The molecule has 0 bridgehead atoms. The number of fused-ring (bicyclic) bond motifs is 1. The number of benzene rings is 1. The van der Waals surface area contributed by atoms with E-state index in [4.69, 9.17) is 11.6 Å². The lowest BCUT2D eigenvalue weighted by molar-refractivity contribution is 1.12. The highest BCUT2D eigenvalue weighted by Gasteiger charge is 2.09. The number of aryl methyl sites for hydroxylation is 1. The minimum atomic E-state index is 0.772. The van der Waals surface area contributed by atoms with Crippen molar-refractivity contribution in [1.82, 2.24) is 9.97 Å². The molecule has 1 N–H and O–H groups in total. The maximum absolute atomic E-state index is 6.08. The predicted octanol–water partition coefficient (Wildman–Crippen LogP) is 4.12. The van der Waals surface area contributed by atoms with Gasteiger partial charge in [-0.05, 0) is 42.3 Å². The van der Waals surface area contributed by atoms with Gasteiger partial charge in [0.2, 0.25) is 0 Å². The third kappa shape index (κ3) is 2.00. The highest BCUT2D eigenvalue weighted by atomic mass is 35.5. The summed E-state index contributed by atoms with van der Waals surface area (Å²) in [5.74, 6) is 0. The predicted molar refractivity (Wildman–Crippen MR) is 75.1 cm³/mol. The third-order valence-corrected chi connectivity index (χ3v) is 3.42. The van der Waals surface area contributed by atoms with Crippen LogP contribution in [0.5, 0.6) is 0 Å². The first-order valence-corrected chi connectivity index (χ1v) is 6.27. The molecule has 0 fully saturated rings. The van der Waals surface area contributed by atoms with Crippen LogP contribution in [0.3, 0.4) is 0 Å². The summed E-state index contributed by atoms with van der Waals surface area (Å²) < 4.78 is 0. The molecule has 2 aromatic heterocycles. The SMILES string of the molecule is Cc1[nH]c2ccc(Cl)cc2c1Cc1cccnc1. The van der Waals surface area contributed by atoms with Crippen LogP contribution >= 0.6 is 11.6 Å². The minimum absolute atomic E-state index is 0.772. The third-order valence-electron chi connectivity index (χ3n) is 3.19. The van der Waals surface area contributed by atoms with E-state index in [1.807, 2.05) is 30.5 Å². The molecule has 0 unspecified atom stereocenters. The maximum atomic E-state index is 6.08. The number of halogens is 1. The summed E-state index contributed by atoms with van der Waals surface area (Å²) in [5, 5.41) is 1.97. The molecular weight excluding hydrogens is 244 g/mol. The Morgan fingerprint density at radius 3 is 2.94 bits per heavy atom. The first kappa shape index (κ1) is 11.3. The standard InChI is InChI=1S/C15H13ClN2/c1-10-13(7-11-3-2-6-17-9-11)14-8-12(16)4-5-15(14)18-10/h2-6,8-9,18H,7H2,1H3. The molecule has 0 aliphatic carbocycles. The van der Waals surface area contributed by atoms with Crippen LogP contribution in [0.4, 0.5) is 0 Å². The van der Waals surface area contributed by atoms with Crippen LogP contribution < -0.4 is 0 Å². The molecule has 0 amide bonds. The molecule has 3 aromatic rings. The van der Waals surface area contributed by atoms with Gasteiger partial charge in [0.25, 0.3) is 0 Å². The summed E-state index contributed by atoms with van der Waals surface area (Å²) in [6.45, 7) is 2.10. The second kappa shape index (κ2) is 4.46. The molecule has 3 heteroatoms. The molecule has 18 heavy (non-hydrogen) atoms. The van der Waals surface area contributed by atoms with Crippen molar-refractivity contribution >= 4 is 22.5 Å². The lowest BCUT2D eigenvalue weighted by Crippen LogP contribution is -1.90. The van der Waals surface area contributed by atoms with E-state index in [2.05, 4.69) is 23.0 Å². The Labute approximate surface area is 111 Å². The highest BCUT2D eigenvalue weighted by molar-refractivity contribution is 6.31. The zero-order chi connectivity index (χ0) is 12.5. The van der Waals surface area contributed by atoms with Crippen LogP contribution in [0.25, 0.3) is 10.9 Å². The van der Waals surface area contributed by atoms with Crippen LogP contribution in [-0.4, -0.2) is 9.97 Å². The van der Waals surface area contributed by atoms with Gasteiger partial charge in [-0.25, -0.2) is 0 Å². The minimum Gasteiger partial charge on any atom is -0.358 e. The van der Waals surface area contributed by atoms with Gasteiger partial charge >= 0.3 is 0 Å². The normalized spacial score (nSPS) is 11.0. The number of pyridine rings is 1. The van der Waals surface area contributed by atoms with E-state index in [0.717, 1.165) is 17.0 Å². The lowest BCUT2D eigenvalue weighted by atomic mass is 10.0. The molecule has 0 aliphatic heterocycles. The second-order valence-corrected chi connectivity index (χ2v) is 4.89. The van der Waals surface area contributed by atoms with Crippen molar-refractivity contribution in [2.75, 3.05) is 0 Å². The molecular formula is C15H13ClN2. The van der Waals surface area contributed by atoms with Crippen molar-refractivity contribution in [2.24, 2.45) is 0 Å². The number of H-pyrrole nitrogens is 1. The average molecular weight is 257 g/mol. The Hall–Kier alpha value is -1.80. The molecule has 0 saturated carbocycles. The highest BCUT2D eigenvalue weighted by Crippen LogP contribution is 2.27. The molecule has 0 atom stereocenters. The second-order valence-electron chi connectivity index (χ2n) is 4.46. The number of aromatic nitrogens is 2. The molecule has 0 saturated heterocycles. The first-order valence-electron chi connectivity index (χ1n) is 5.89. The van der Waals surface area contributed by atoms with E-state index in [-0.39, 0.29) is 0 Å². The molecule has 90 valence electrons. The molecule has 0 spiro atoms. The number of hydrogen-bond donors (Lipinski definition) is 1. The Bertz CT molecular complexity index is 686. The van der Waals surface area contributed by atoms with Crippen LogP contribution in [0, 0.1) is 6.92 Å². The average Bonchev–Trinajstić information content (AvgIpc) is 2.67. The summed E-state index contributed by atoms with van der Waals surface area (Å²) in [6, 6.07) is 10.0. The van der Waals surface area contributed by atoms with E-state index in [0.29, 0.717) is 0 Å². The van der Waals surface area contributed by atoms with Crippen molar-refractivity contribution in [2.45, 2.75) is 13.3 Å². The molecule has 0 aliphatic rings. The smallest absolute Gasteiger partial charge is 0.0460 e. The maximum Gasteiger partial charge on any atom is 0.0460 e. The Morgan fingerprint density at radius 1 is 1.28 bits per heavy atom.